The fraction of sp³-hybridized carbons (Fsp3) is 0.867. The predicted molar refractivity (Wildman–Crippen MR) is 80.1 cm³/mol. The summed E-state index contributed by atoms with van der Waals surface area (Å²) in [5, 5.41) is 15.2. The highest BCUT2D eigenvalue weighted by molar-refractivity contribution is 6.06. The fourth-order valence-electron chi connectivity index (χ4n) is 3.46. The van der Waals surface area contributed by atoms with Crippen molar-refractivity contribution in [3.8, 4) is 0 Å². The molecule has 4 N–H and O–H groups in total. The van der Waals surface area contributed by atoms with Crippen molar-refractivity contribution in [1.82, 2.24) is 5.32 Å². The minimum atomic E-state index is -0.919. The van der Waals surface area contributed by atoms with E-state index >= 15 is 0 Å². The summed E-state index contributed by atoms with van der Waals surface area (Å²) < 4.78 is 5.31. The lowest BCUT2D eigenvalue weighted by Gasteiger charge is -2.37. The highest BCUT2D eigenvalue weighted by Gasteiger charge is 2.45. The molecule has 0 aromatic heterocycles. The summed E-state index contributed by atoms with van der Waals surface area (Å²) in [7, 11) is 0. The zero-order valence-corrected chi connectivity index (χ0v) is 12.9. The molecule has 2 rings (SSSR count). The smallest absolute Gasteiger partial charge is 0.234 e. The number of amides is 1. The van der Waals surface area contributed by atoms with Crippen molar-refractivity contribution in [3.63, 3.8) is 0 Å². The van der Waals surface area contributed by atoms with Crippen molar-refractivity contribution in [2.75, 3.05) is 19.8 Å². The minimum Gasteiger partial charge on any atom is -0.409 e. The lowest BCUT2D eigenvalue weighted by Crippen LogP contribution is -2.54. The Balaban J connectivity index is 2.02. The van der Waals surface area contributed by atoms with Crippen LogP contribution in [0.5, 0.6) is 0 Å². The monoisotopic (exact) mass is 297 g/mol. The molecule has 1 heterocycles. The number of ether oxygens (including phenoxy) is 1. The number of oxime groups is 1. The number of hydrogen-bond acceptors (Lipinski definition) is 4. The summed E-state index contributed by atoms with van der Waals surface area (Å²) in [4.78, 5) is 12.7. The fourth-order valence-corrected chi connectivity index (χ4v) is 3.46. The first-order chi connectivity index (χ1) is 10.0. The van der Waals surface area contributed by atoms with Gasteiger partial charge >= 0.3 is 0 Å². The first-order valence-electron chi connectivity index (χ1n) is 7.87. The first-order valence-corrected chi connectivity index (χ1v) is 7.87. The van der Waals surface area contributed by atoms with E-state index in [2.05, 4.69) is 17.4 Å². The Morgan fingerprint density at radius 1 is 1.24 bits per heavy atom. The predicted octanol–water partition coefficient (Wildman–Crippen LogP) is 1.62. The molecule has 2 fully saturated rings. The van der Waals surface area contributed by atoms with Gasteiger partial charge in [0.25, 0.3) is 0 Å². The molecule has 0 aromatic carbocycles. The summed E-state index contributed by atoms with van der Waals surface area (Å²) in [6.07, 6.45) is 6.96. The van der Waals surface area contributed by atoms with Crippen LogP contribution in [-0.4, -0.2) is 36.7 Å². The van der Waals surface area contributed by atoms with Crippen LogP contribution in [0.2, 0.25) is 0 Å². The molecule has 1 saturated carbocycles. The second-order valence-electron chi connectivity index (χ2n) is 6.73. The topological polar surface area (TPSA) is 96.9 Å². The molecule has 0 aromatic rings. The molecular formula is C15H27N3O3. The molecule has 6 heteroatoms. The largest absolute Gasteiger partial charge is 0.409 e. The van der Waals surface area contributed by atoms with Crippen LogP contribution in [0, 0.1) is 10.8 Å². The quantitative estimate of drug-likeness (QED) is 0.318. The van der Waals surface area contributed by atoms with Crippen molar-refractivity contribution in [2.45, 2.75) is 51.9 Å². The van der Waals surface area contributed by atoms with Gasteiger partial charge in [0, 0.05) is 19.8 Å². The van der Waals surface area contributed by atoms with E-state index in [1.807, 2.05) is 0 Å². The Morgan fingerprint density at radius 3 is 2.43 bits per heavy atom. The third-order valence-corrected chi connectivity index (χ3v) is 5.12. The first kappa shape index (κ1) is 16.1. The van der Waals surface area contributed by atoms with Crippen molar-refractivity contribution in [1.29, 1.82) is 0 Å². The van der Waals surface area contributed by atoms with Crippen LogP contribution in [0.25, 0.3) is 0 Å². The maximum Gasteiger partial charge on any atom is 0.234 e. The molecule has 120 valence electrons. The number of carbonyl (C=O) groups is 1. The molecule has 0 bridgehead atoms. The molecule has 0 spiro atoms. The maximum atomic E-state index is 12.7. The lowest BCUT2D eigenvalue weighted by atomic mass is 9.74. The number of nitrogens with two attached hydrogens (primary N) is 1. The van der Waals surface area contributed by atoms with Crippen LogP contribution in [0.3, 0.4) is 0 Å². The van der Waals surface area contributed by atoms with Crippen molar-refractivity contribution >= 4 is 11.7 Å². The van der Waals surface area contributed by atoms with Gasteiger partial charge in [-0.3, -0.25) is 4.79 Å². The molecule has 2 aliphatic rings. The highest BCUT2D eigenvalue weighted by atomic mass is 16.5. The Labute approximate surface area is 126 Å². The van der Waals surface area contributed by atoms with Crippen LogP contribution >= 0.6 is 0 Å². The van der Waals surface area contributed by atoms with E-state index in [4.69, 9.17) is 15.7 Å². The van der Waals surface area contributed by atoms with Crippen LogP contribution in [-0.2, 0) is 9.53 Å². The van der Waals surface area contributed by atoms with E-state index in [-0.39, 0.29) is 17.2 Å². The van der Waals surface area contributed by atoms with Crippen molar-refractivity contribution in [2.24, 2.45) is 21.7 Å². The molecule has 6 nitrogen and oxygen atoms in total. The average Bonchev–Trinajstić information content (AvgIpc) is 2.53. The van der Waals surface area contributed by atoms with Crippen LogP contribution in [0.15, 0.2) is 5.16 Å². The molecule has 1 amide bonds. The van der Waals surface area contributed by atoms with Gasteiger partial charge < -0.3 is 21.0 Å². The average molecular weight is 297 g/mol. The number of nitrogens with one attached hydrogen (secondary N) is 1. The summed E-state index contributed by atoms with van der Waals surface area (Å²) in [6, 6.07) is 0. The van der Waals surface area contributed by atoms with E-state index in [1.165, 1.54) is 19.3 Å². The second kappa shape index (κ2) is 6.64. The lowest BCUT2D eigenvalue weighted by molar-refractivity contribution is -0.132. The zero-order valence-electron chi connectivity index (χ0n) is 12.9. The van der Waals surface area contributed by atoms with Crippen LogP contribution in [0.1, 0.15) is 51.9 Å². The summed E-state index contributed by atoms with van der Waals surface area (Å²) >= 11 is 0. The number of rotatable bonds is 4. The van der Waals surface area contributed by atoms with Gasteiger partial charge in [0.15, 0.2) is 5.84 Å². The maximum absolute atomic E-state index is 12.7. The molecule has 0 atom stereocenters. The molecule has 0 unspecified atom stereocenters. The molecular weight excluding hydrogens is 270 g/mol. The Bertz CT molecular complexity index is 397. The Morgan fingerprint density at radius 2 is 1.86 bits per heavy atom. The van der Waals surface area contributed by atoms with E-state index in [9.17, 15) is 4.79 Å². The summed E-state index contributed by atoms with van der Waals surface area (Å²) in [5.74, 6) is -0.134. The van der Waals surface area contributed by atoms with Gasteiger partial charge in [-0.2, -0.15) is 0 Å². The number of amidine groups is 1. The van der Waals surface area contributed by atoms with E-state index < -0.39 is 5.41 Å². The van der Waals surface area contributed by atoms with Crippen LogP contribution < -0.4 is 11.1 Å². The van der Waals surface area contributed by atoms with Gasteiger partial charge in [-0.05, 0) is 31.1 Å². The SMILES string of the molecule is CC1(CNC(=O)C2(C(N)=NO)CCOCC2)CCCCC1. The van der Waals surface area contributed by atoms with Gasteiger partial charge in [-0.1, -0.05) is 31.3 Å². The summed E-state index contributed by atoms with van der Waals surface area (Å²) in [5.41, 5.74) is 5.06. The Kier molecular flexibility index (Phi) is 5.08. The third kappa shape index (κ3) is 3.48. The second-order valence-corrected chi connectivity index (χ2v) is 6.73. The minimum absolute atomic E-state index is 0.00269. The number of hydrogen-bond donors (Lipinski definition) is 3. The van der Waals surface area contributed by atoms with Crippen molar-refractivity contribution in [3.05, 3.63) is 0 Å². The molecule has 1 saturated heterocycles. The number of carbonyl (C=O) groups excluding carboxylic acids is 1. The molecule has 21 heavy (non-hydrogen) atoms. The van der Waals surface area contributed by atoms with Gasteiger partial charge in [0.2, 0.25) is 5.91 Å². The van der Waals surface area contributed by atoms with Crippen molar-refractivity contribution < 1.29 is 14.7 Å². The van der Waals surface area contributed by atoms with E-state index in [0.29, 0.717) is 32.6 Å². The molecule has 1 aliphatic carbocycles. The summed E-state index contributed by atoms with van der Waals surface area (Å²) in [6.45, 7) is 3.81. The molecule has 1 aliphatic heterocycles. The van der Waals surface area contributed by atoms with Gasteiger partial charge in [0.05, 0.1) is 0 Å². The third-order valence-electron chi connectivity index (χ3n) is 5.12. The zero-order chi connectivity index (χ0) is 15.3. The van der Waals surface area contributed by atoms with Crippen LogP contribution in [0.4, 0.5) is 0 Å². The van der Waals surface area contributed by atoms with Gasteiger partial charge in [-0.25, -0.2) is 0 Å². The standard InChI is InChI=1S/C15H27N3O3/c1-14(5-3-2-4-6-14)11-17-13(19)15(12(16)18-20)7-9-21-10-8-15/h20H,2-11H2,1H3,(H2,16,18)(H,17,19). The van der Waals surface area contributed by atoms with E-state index in [0.717, 1.165) is 12.8 Å². The Hall–Kier alpha value is -1.30. The van der Waals surface area contributed by atoms with Gasteiger partial charge in [-0.15, -0.1) is 0 Å². The number of nitrogens with zero attached hydrogens (tertiary/aromatic N) is 1. The highest BCUT2D eigenvalue weighted by Crippen LogP contribution is 2.36. The molecule has 0 radical (unpaired) electrons. The van der Waals surface area contributed by atoms with E-state index in [1.54, 1.807) is 0 Å². The van der Waals surface area contributed by atoms with Gasteiger partial charge in [0.1, 0.15) is 5.41 Å². The normalized spacial score (nSPS) is 25.3.